The Kier molecular flexibility index (Phi) is 3.84. The summed E-state index contributed by atoms with van der Waals surface area (Å²) in [7, 11) is -1.29. The molecule has 1 aromatic rings. The van der Waals surface area contributed by atoms with Gasteiger partial charge in [-0.1, -0.05) is 24.3 Å². The summed E-state index contributed by atoms with van der Waals surface area (Å²) < 4.78 is 31.2. The first-order chi connectivity index (χ1) is 9.64. The van der Waals surface area contributed by atoms with Crippen molar-refractivity contribution in [2.45, 2.75) is 35.8 Å². The molecule has 1 N–H and O–H groups in total. The van der Waals surface area contributed by atoms with Gasteiger partial charge in [0, 0.05) is 19.3 Å². The van der Waals surface area contributed by atoms with Gasteiger partial charge in [-0.25, -0.2) is 8.42 Å². The van der Waals surface area contributed by atoms with Crippen LogP contribution in [0.4, 0.5) is 0 Å². The molecular weight excluding hydrogens is 274 g/mol. The Morgan fingerprint density at radius 3 is 2.60 bits per heavy atom. The third-order valence-electron chi connectivity index (χ3n) is 4.55. The topological polar surface area (TPSA) is 55.4 Å². The lowest BCUT2D eigenvalue weighted by atomic mass is 10.1. The van der Waals surface area contributed by atoms with Crippen LogP contribution in [0.5, 0.6) is 0 Å². The molecule has 0 saturated carbocycles. The molecule has 5 heteroatoms. The van der Waals surface area contributed by atoms with Crippen LogP contribution in [0.15, 0.2) is 24.3 Å². The Balaban J connectivity index is 1.91. The Morgan fingerprint density at radius 1 is 1.20 bits per heavy atom. The average Bonchev–Trinajstić information content (AvgIpc) is 2.87. The van der Waals surface area contributed by atoms with Crippen molar-refractivity contribution in [3.63, 3.8) is 0 Å². The van der Waals surface area contributed by atoms with Gasteiger partial charge in [-0.05, 0) is 37.4 Å². The van der Waals surface area contributed by atoms with Crippen molar-refractivity contribution in [1.29, 1.82) is 0 Å². The molecule has 0 amide bonds. The maximum absolute atomic E-state index is 12.9. The summed E-state index contributed by atoms with van der Waals surface area (Å²) in [6, 6.07) is 7.95. The summed E-state index contributed by atoms with van der Waals surface area (Å²) in [6.45, 7) is 1.13. The maximum atomic E-state index is 12.9. The number of rotatable bonds is 3. The van der Waals surface area contributed by atoms with E-state index in [2.05, 4.69) is 5.32 Å². The third-order valence-corrected chi connectivity index (χ3v) is 7.23. The molecule has 1 aliphatic heterocycles. The standard InChI is InChI=1S/C15H21NO3S/c1-16-15-13-5-3-2-4-11(13)10-14(15)20(17,18)12-6-8-19-9-7-12/h2-5,12,14-16H,6-10H2,1H3. The van der Waals surface area contributed by atoms with E-state index in [1.165, 1.54) is 0 Å². The molecule has 3 rings (SSSR count). The fourth-order valence-electron chi connectivity index (χ4n) is 3.46. The summed E-state index contributed by atoms with van der Waals surface area (Å²) in [5.41, 5.74) is 2.29. The van der Waals surface area contributed by atoms with Crippen LogP contribution in [0, 0.1) is 0 Å². The molecule has 0 spiro atoms. The van der Waals surface area contributed by atoms with Crippen molar-refractivity contribution in [2.24, 2.45) is 0 Å². The van der Waals surface area contributed by atoms with E-state index in [0.717, 1.165) is 11.1 Å². The van der Waals surface area contributed by atoms with Gasteiger partial charge in [0.25, 0.3) is 0 Å². The second-order valence-electron chi connectivity index (χ2n) is 5.61. The van der Waals surface area contributed by atoms with Crippen molar-refractivity contribution >= 4 is 9.84 Å². The van der Waals surface area contributed by atoms with Crippen LogP contribution in [-0.4, -0.2) is 39.2 Å². The van der Waals surface area contributed by atoms with E-state index < -0.39 is 9.84 Å². The minimum Gasteiger partial charge on any atom is -0.381 e. The number of benzene rings is 1. The second-order valence-corrected chi connectivity index (χ2v) is 8.06. The highest BCUT2D eigenvalue weighted by Gasteiger charge is 2.43. The molecule has 2 unspecified atom stereocenters. The molecule has 4 nitrogen and oxygen atoms in total. The van der Waals surface area contributed by atoms with Gasteiger partial charge in [-0.3, -0.25) is 0 Å². The first kappa shape index (κ1) is 14.0. The number of hydrogen-bond donors (Lipinski definition) is 1. The molecule has 2 aliphatic rings. The highest BCUT2D eigenvalue weighted by atomic mass is 32.2. The molecule has 1 aromatic carbocycles. The quantitative estimate of drug-likeness (QED) is 0.917. The molecule has 110 valence electrons. The lowest BCUT2D eigenvalue weighted by Gasteiger charge is -2.28. The van der Waals surface area contributed by atoms with Gasteiger partial charge in [0.05, 0.1) is 10.5 Å². The number of nitrogens with one attached hydrogen (secondary N) is 1. The molecule has 1 saturated heterocycles. The van der Waals surface area contributed by atoms with Crippen molar-refractivity contribution < 1.29 is 13.2 Å². The van der Waals surface area contributed by atoms with Crippen molar-refractivity contribution in [3.05, 3.63) is 35.4 Å². The molecule has 20 heavy (non-hydrogen) atoms. The van der Waals surface area contributed by atoms with Crippen LogP contribution in [0.25, 0.3) is 0 Å². The van der Waals surface area contributed by atoms with Gasteiger partial charge in [0.15, 0.2) is 9.84 Å². The van der Waals surface area contributed by atoms with Crippen LogP contribution in [0.2, 0.25) is 0 Å². The smallest absolute Gasteiger partial charge is 0.158 e. The van der Waals surface area contributed by atoms with Crippen molar-refractivity contribution in [3.8, 4) is 0 Å². The van der Waals surface area contributed by atoms with E-state index in [1.807, 2.05) is 31.3 Å². The van der Waals surface area contributed by atoms with Gasteiger partial charge >= 0.3 is 0 Å². The summed E-state index contributed by atoms with van der Waals surface area (Å²) in [6.07, 6.45) is 1.89. The zero-order valence-electron chi connectivity index (χ0n) is 11.7. The SMILES string of the molecule is CNC1c2ccccc2CC1S(=O)(=O)C1CCOCC1. The van der Waals surface area contributed by atoms with Crippen LogP contribution in [-0.2, 0) is 21.0 Å². The largest absolute Gasteiger partial charge is 0.381 e. The lowest BCUT2D eigenvalue weighted by Crippen LogP contribution is -2.41. The number of fused-ring (bicyclic) bond motifs is 1. The first-order valence-electron chi connectivity index (χ1n) is 7.20. The normalized spacial score (nSPS) is 27.4. The number of sulfone groups is 1. The van der Waals surface area contributed by atoms with E-state index in [9.17, 15) is 8.42 Å². The fraction of sp³-hybridized carbons (Fsp3) is 0.600. The first-order valence-corrected chi connectivity index (χ1v) is 8.81. The molecule has 0 aromatic heterocycles. The monoisotopic (exact) mass is 295 g/mol. The second kappa shape index (κ2) is 5.47. The van der Waals surface area contributed by atoms with Crippen LogP contribution < -0.4 is 5.32 Å². The minimum absolute atomic E-state index is 0.0842. The van der Waals surface area contributed by atoms with Gasteiger partial charge in [-0.2, -0.15) is 0 Å². The van der Waals surface area contributed by atoms with Crippen molar-refractivity contribution in [2.75, 3.05) is 20.3 Å². The van der Waals surface area contributed by atoms with E-state index in [4.69, 9.17) is 4.74 Å². The van der Waals surface area contributed by atoms with E-state index >= 15 is 0 Å². The summed E-state index contributed by atoms with van der Waals surface area (Å²) in [5.74, 6) is 0. The zero-order chi connectivity index (χ0) is 14.2. The average molecular weight is 295 g/mol. The Morgan fingerprint density at radius 2 is 1.90 bits per heavy atom. The van der Waals surface area contributed by atoms with Gasteiger partial charge in [-0.15, -0.1) is 0 Å². The molecule has 0 radical (unpaired) electrons. The fourth-order valence-corrected chi connectivity index (χ4v) is 5.88. The maximum Gasteiger partial charge on any atom is 0.158 e. The van der Waals surface area contributed by atoms with Gasteiger partial charge in [0.2, 0.25) is 0 Å². The van der Waals surface area contributed by atoms with E-state index in [0.29, 0.717) is 32.5 Å². The van der Waals surface area contributed by atoms with Gasteiger partial charge in [0.1, 0.15) is 0 Å². The Bertz CT molecular complexity index is 579. The van der Waals surface area contributed by atoms with Crippen LogP contribution >= 0.6 is 0 Å². The van der Waals surface area contributed by atoms with Crippen LogP contribution in [0.3, 0.4) is 0 Å². The number of hydrogen-bond acceptors (Lipinski definition) is 4. The highest BCUT2D eigenvalue weighted by molar-refractivity contribution is 7.92. The molecule has 1 heterocycles. The highest BCUT2D eigenvalue weighted by Crippen LogP contribution is 2.38. The van der Waals surface area contributed by atoms with Gasteiger partial charge < -0.3 is 10.1 Å². The zero-order valence-corrected chi connectivity index (χ0v) is 12.5. The summed E-state index contributed by atoms with van der Waals surface area (Å²) in [4.78, 5) is 0. The molecule has 2 atom stereocenters. The molecule has 0 bridgehead atoms. The number of ether oxygens (including phenoxy) is 1. The molecule has 1 aliphatic carbocycles. The Hall–Kier alpha value is -0.910. The van der Waals surface area contributed by atoms with E-state index in [-0.39, 0.29) is 16.5 Å². The lowest BCUT2D eigenvalue weighted by molar-refractivity contribution is 0.0981. The Labute approximate surface area is 120 Å². The predicted octanol–water partition coefficient (Wildman–Crippen LogP) is 1.47. The molecular formula is C15H21NO3S. The third kappa shape index (κ3) is 2.28. The van der Waals surface area contributed by atoms with E-state index in [1.54, 1.807) is 0 Å². The minimum atomic E-state index is -3.13. The summed E-state index contributed by atoms with van der Waals surface area (Å²) >= 11 is 0. The van der Waals surface area contributed by atoms with Crippen LogP contribution in [0.1, 0.15) is 30.0 Å². The predicted molar refractivity (Wildman–Crippen MR) is 78.5 cm³/mol. The summed E-state index contributed by atoms with van der Waals surface area (Å²) in [5, 5.41) is 2.62. The molecule has 1 fully saturated rings. The van der Waals surface area contributed by atoms with Crippen molar-refractivity contribution in [1.82, 2.24) is 5.32 Å².